The first-order valence-corrected chi connectivity index (χ1v) is 19.5. The van der Waals surface area contributed by atoms with E-state index in [1.807, 2.05) is 36.4 Å². The van der Waals surface area contributed by atoms with E-state index in [-0.39, 0.29) is 0 Å². The molecule has 0 radical (unpaired) electrons. The van der Waals surface area contributed by atoms with Gasteiger partial charge in [0.1, 0.15) is 11.5 Å². The van der Waals surface area contributed by atoms with Gasteiger partial charge in [-0.2, -0.15) is 5.26 Å². The molecule has 0 fully saturated rings. The number of ether oxygens (including phenoxy) is 1. The molecule has 0 atom stereocenters. The predicted octanol–water partition coefficient (Wildman–Crippen LogP) is 13.2. The van der Waals surface area contributed by atoms with Crippen LogP contribution in [-0.4, -0.2) is 9.97 Å². The number of para-hydroxylation sites is 2. The molecule has 0 unspecified atom stereocenters. The van der Waals surface area contributed by atoms with Gasteiger partial charge in [-0.1, -0.05) is 170 Å². The minimum atomic E-state index is -0.680. The minimum Gasteiger partial charge on any atom is -0.457 e. The number of hydrogen-bond acceptors (Lipinski definition) is 4. The zero-order valence-electron chi connectivity index (χ0n) is 31.3. The van der Waals surface area contributed by atoms with Crippen LogP contribution in [0.4, 0.5) is 0 Å². The van der Waals surface area contributed by atoms with Crippen LogP contribution < -0.4 is 4.74 Å². The Balaban J connectivity index is 1.21. The largest absolute Gasteiger partial charge is 0.457 e. The van der Waals surface area contributed by atoms with E-state index in [2.05, 4.69) is 170 Å². The van der Waals surface area contributed by atoms with Gasteiger partial charge in [-0.05, 0) is 74.8 Å². The average molecular weight is 740 g/mol. The molecule has 2 aliphatic rings. The quantitative estimate of drug-likeness (QED) is 0.176. The van der Waals surface area contributed by atoms with Crippen molar-refractivity contribution in [1.82, 2.24) is 9.97 Å². The second-order valence-corrected chi connectivity index (χ2v) is 14.8. The van der Waals surface area contributed by atoms with Crippen LogP contribution in [-0.2, 0) is 5.41 Å². The summed E-state index contributed by atoms with van der Waals surface area (Å²) in [6, 6.07) is 71.8. The van der Waals surface area contributed by atoms with Gasteiger partial charge in [-0.3, -0.25) is 0 Å². The molecule has 1 aromatic heterocycles. The molecule has 11 rings (SSSR count). The van der Waals surface area contributed by atoms with Crippen molar-refractivity contribution in [2.24, 2.45) is 0 Å². The standard InChI is InChI=1S/C54H33N3O/c55-34-35-25-27-38(28-26-35)41-17-11-21-45-51(41)52-42(18-12-22-46(52)54(45)43-19-7-9-23-49(43)58-50-24-10-8-20-44(50)54)48-33-47(39-15-5-2-6-16-39)56-53(57-48)40-31-29-37(30-32-40)36-13-3-1-4-14-36/h1-33H. The maximum atomic E-state index is 9.70. The summed E-state index contributed by atoms with van der Waals surface area (Å²) in [5.41, 5.74) is 15.8. The summed E-state index contributed by atoms with van der Waals surface area (Å²) in [7, 11) is 0. The van der Waals surface area contributed by atoms with Gasteiger partial charge in [-0.15, -0.1) is 0 Å². The third-order valence-corrected chi connectivity index (χ3v) is 11.6. The molecule has 8 aromatic carbocycles. The Morgan fingerprint density at radius 3 is 1.52 bits per heavy atom. The Labute approximate surface area is 337 Å². The molecule has 0 saturated carbocycles. The summed E-state index contributed by atoms with van der Waals surface area (Å²) in [6.07, 6.45) is 0. The van der Waals surface area contributed by atoms with Gasteiger partial charge in [0.05, 0.1) is 28.4 Å². The Morgan fingerprint density at radius 2 is 0.879 bits per heavy atom. The van der Waals surface area contributed by atoms with Gasteiger partial charge < -0.3 is 4.74 Å². The summed E-state index contributed by atoms with van der Waals surface area (Å²) >= 11 is 0. The lowest BCUT2D eigenvalue weighted by atomic mass is 9.66. The summed E-state index contributed by atoms with van der Waals surface area (Å²) in [6.45, 7) is 0. The molecule has 0 N–H and O–H groups in total. The third-order valence-electron chi connectivity index (χ3n) is 11.6. The van der Waals surface area contributed by atoms with Crippen molar-refractivity contribution in [2.45, 2.75) is 5.41 Å². The van der Waals surface area contributed by atoms with Crippen LogP contribution in [0.25, 0.3) is 67.3 Å². The van der Waals surface area contributed by atoms with Crippen molar-refractivity contribution in [3.8, 4) is 84.9 Å². The van der Waals surface area contributed by atoms with Crippen molar-refractivity contribution < 1.29 is 4.74 Å². The van der Waals surface area contributed by atoms with Crippen LogP contribution in [0.1, 0.15) is 27.8 Å². The molecule has 0 bridgehead atoms. The van der Waals surface area contributed by atoms with Crippen LogP contribution in [0.5, 0.6) is 11.5 Å². The van der Waals surface area contributed by atoms with Gasteiger partial charge in [-0.25, -0.2) is 9.97 Å². The van der Waals surface area contributed by atoms with E-state index in [0.29, 0.717) is 11.4 Å². The second-order valence-electron chi connectivity index (χ2n) is 14.8. The first-order valence-electron chi connectivity index (χ1n) is 19.5. The Morgan fingerprint density at radius 1 is 0.397 bits per heavy atom. The van der Waals surface area contributed by atoms with Crippen molar-refractivity contribution in [1.29, 1.82) is 5.26 Å². The van der Waals surface area contributed by atoms with Crippen molar-refractivity contribution in [3.63, 3.8) is 0 Å². The van der Waals surface area contributed by atoms with Crippen LogP contribution in [0.2, 0.25) is 0 Å². The van der Waals surface area contributed by atoms with E-state index in [4.69, 9.17) is 14.7 Å². The number of rotatable bonds is 5. The molecule has 2 heterocycles. The van der Waals surface area contributed by atoms with Gasteiger partial charge in [0.25, 0.3) is 0 Å². The van der Waals surface area contributed by atoms with E-state index in [0.717, 1.165) is 89.6 Å². The number of benzene rings is 8. The van der Waals surface area contributed by atoms with Gasteiger partial charge in [0, 0.05) is 27.8 Å². The Hall–Kier alpha value is -7.87. The zero-order valence-corrected chi connectivity index (χ0v) is 31.3. The summed E-state index contributed by atoms with van der Waals surface area (Å²) < 4.78 is 6.66. The van der Waals surface area contributed by atoms with E-state index in [1.165, 1.54) is 5.56 Å². The SMILES string of the molecule is N#Cc1ccc(-c2cccc3c2-c2c(-c4cc(-c5ccccc5)nc(-c5ccc(-c6ccccc6)cc5)n4)cccc2C32c3ccccc3Oc3ccccc32)cc1. The lowest BCUT2D eigenvalue weighted by molar-refractivity contribution is 0.436. The summed E-state index contributed by atoms with van der Waals surface area (Å²) in [4.78, 5) is 10.6. The highest BCUT2D eigenvalue weighted by Crippen LogP contribution is 2.64. The molecular weight excluding hydrogens is 707 g/mol. The van der Waals surface area contributed by atoms with Gasteiger partial charge in [0.2, 0.25) is 0 Å². The number of nitriles is 1. The Bertz CT molecular complexity index is 3030. The third kappa shape index (κ3) is 5.15. The van der Waals surface area contributed by atoms with Crippen molar-refractivity contribution >= 4 is 0 Å². The van der Waals surface area contributed by atoms with Crippen molar-refractivity contribution in [2.75, 3.05) is 0 Å². The topological polar surface area (TPSA) is 58.8 Å². The molecule has 270 valence electrons. The average Bonchev–Trinajstić information content (AvgIpc) is 3.60. The predicted molar refractivity (Wildman–Crippen MR) is 231 cm³/mol. The summed E-state index contributed by atoms with van der Waals surface area (Å²) in [5, 5.41) is 9.70. The normalized spacial score (nSPS) is 12.7. The molecule has 4 nitrogen and oxygen atoms in total. The maximum Gasteiger partial charge on any atom is 0.160 e. The Kier molecular flexibility index (Phi) is 7.74. The number of fused-ring (bicyclic) bond motifs is 9. The van der Waals surface area contributed by atoms with E-state index < -0.39 is 5.41 Å². The molecular formula is C54H33N3O. The monoisotopic (exact) mass is 739 g/mol. The lowest BCUT2D eigenvalue weighted by Crippen LogP contribution is -2.32. The van der Waals surface area contributed by atoms with Gasteiger partial charge in [0.15, 0.2) is 5.82 Å². The van der Waals surface area contributed by atoms with E-state index in [1.54, 1.807) is 0 Å². The molecule has 0 amide bonds. The fourth-order valence-electron chi connectivity index (χ4n) is 9.08. The fraction of sp³-hybridized carbons (Fsp3) is 0.0185. The molecule has 1 aliphatic heterocycles. The van der Waals surface area contributed by atoms with E-state index >= 15 is 0 Å². The maximum absolute atomic E-state index is 9.70. The lowest BCUT2D eigenvalue weighted by Gasteiger charge is -2.39. The molecule has 0 saturated heterocycles. The second kappa shape index (κ2) is 13.4. The number of nitrogens with zero attached hydrogens (tertiary/aromatic N) is 3. The zero-order chi connectivity index (χ0) is 38.6. The van der Waals surface area contributed by atoms with Crippen LogP contribution in [0.15, 0.2) is 200 Å². The molecule has 1 spiro atoms. The fourth-order valence-corrected chi connectivity index (χ4v) is 9.08. The minimum absolute atomic E-state index is 0.625. The van der Waals surface area contributed by atoms with Crippen molar-refractivity contribution in [3.05, 3.63) is 228 Å². The van der Waals surface area contributed by atoms with Crippen LogP contribution in [0, 0.1) is 11.3 Å². The molecule has 58 heavy (non-hydrogen) atoms. The van der Waals surface area contributed by atoms with E-state index in [9.17, 15) is 5.26 Å². The first kappa shape index (κ1) is 33.5. The molecule has 4 heteroatoms. The number of hydrogen-bond donors (Lipinski definition) is 0. The first-order chi connectivity index (χ1) is 28.7. The number of aromatic nitrogens is 2. The highest BCUT2D eigenvalue weighted by Gasteiger charge is 2.52. The highest BCUT2D eigenvalue weighted by molar-refractivity contribution is 6.02. The highest BCUT2D eigenvalue weighted by atomic mass is 16.5. The smallest absolute Gasteiger partial charge is 0.160 e. The summed E-state index contributed by atoms with van der Waals surface area (Å²) in [5.74, 6) is 2.33. The molecule has 9 aromatic rings. The van der Waals surface area contributed by atoms with Crippen LogP contribution >= 0.6 is 0 Å². The van der Waals surface area contributed by atoms with Gasteiger partial charge >= 0.3 is 0 Å². The molecule has 1 aliphatic carbocycles. The van der Waals surface area contributed by atoms with Crippen LogP contribution in [0.3, 0.4) is 0 Å².